The van der Waals surface area contributed by atoms with Crippen LogP contribution < -0.4 is 0 Å². The smallest absolute Gasteiger partial charge is 0.0701 e. The Morgan fingerprint density at radius 3 is 2.79 bits per heavy atom. The third-order valence-corrected chi connectivity index (χ3v) is 3.77. The lowest BCUT2D eigenvalue weighted by Gasteiger charge is -2.16. The summed E-state index contributed by atoms with van der Waals surface area (Å²) in [6.45, 7) is 2.60. The van der Waals surface area contributed by atoms with Gasteiger partial charge in [0.1, 0.15) is 0 Å². The number of aliphatic hydroxyl groups is 1. The van der Waals surface area contributed by atoms with Gasteiger partial charge in [0.15, 0.2) is 0 Å². The number of aliphatic hydroxyl groups excluding tert-OH is 1. The van der Waals surface area contributed by atoms with Gasteiger partial charge in [-0.15, -0.1) is 11.3 Å². The molecule has 80 valence electrons. The maximum atomic E-state index is 9.82. The van der Waals surface area contributed by atoms with Gasteiger partial charge < -0.3 is 9.84 Å². The van der Waals surface area contributed by atoms with E-state index in [1.165, 1.54) is 4.88 Å². The van der Waals surface area contributed by atoms with Gasteiger partial charge >= 0.3 is 0 Å². The van der Waals surface area contributed by atoms with Crippen molar-refractivity contribution in [1.29, 1.82) is 0 Å². The van der Waals surface area contributed by atoms with Gasteiger partial charge in [-0.2, -0.15) is 0 Å². The largest absolute Gasteiger partial charge is 0.392 e. The molecule has 0 amide bonds. The van der Waals surface area contributed by atoms with Gasteiger partial charge in [0.25, 0.3) is 0 Å². The van der Waals surface area contributed by atoms with E-state index in [1.807, 2.05) is 19.1 Å². The molecule has 0 bridgehead atoms. The zero-order valence-electron chi connectivity index (χ0n) is 8.37. The fourth-order valence-electron chi connectivity index (χ4n) is 1.24. The minimum absolute atomic E-state index is 0.181. The molecule has 0 aliphatic rings. The van der Waals surface area contributed by atoms with Gasteiger partial charge in [0.2, 0.25) is 0 Å². The number of hydrogen-bond acceptors (Lipinski definition) is 3. The summed E-state index contributed by atoms with van der Waals surface area (Å²) in [7, 11) is 1.66. The number of methoxy groups -OCH3 is 1. The molecule has 4 heteroatoms. The summed E-state index contributed by atoms with van der Waals surface area (Å²) in [5.74, 6) is 0.181. The average Bonchev–Trinajstić information content (AvgIpc) is 2.51. The molecule has 0 spiro atoms. The second-order valence-electron chi connectivity index (χ2n) is 3.41. The molecular formula is C10H15BrO2S. The van der Waals surface area contributed by atoms with E-state index in [0.29, 0.717) is 13.0 Å². The predicted molar refractivity (Wildman–Crippen MR) is 62.8 cm³/mol. The van der Waals surface area contributed by atoms with Crippen LogP contribution >= 0.6 is 27.3 Å². The molecule has 0 aliphatic carbocycles. The van der Waals surface area contributed by atoms with E-state index in [9.17, 15) is 5.11 Å². The van der Waals surface area contributed by atoms with Crippen molar-refractivity contribution in [2.24, 2.45) is 5.92 Å². The molecule has 1 rings (SSSR count). The summed E-state index contributed by atoms with van der Waals surface area (Å²) in [6.07, 6.45) is 0.390. The molecule has 0 aromatic carbocycles. The molecule has 0 radical (unpaired) electrons. The lowest BCUT2D eigenvalue weighted by Crippen LogP contribution is -2.23. The van der Waals surface area contributed by atoms with Crippen LogP contribution in [0, 0.1) is 5.92 Å². The third kappa shape index (κ3) is 3.69. The first kappa shape index (κ1) is 12.2. The van der Waals surface area contributed by atoms with Crippen molar-refractivity contribution in [2.45, 2.75) is 19.4 Å². The highest BCUT2D eigenvalue weighted by Crippen LogP contribution is 2.24. The van der Waals surface area contributed by atoms with Gasteiger partial charge in [-0.05, 0) is 28.1 Å². The van der Waals surface area contributed by atoms with Gasteiger partial charge in [-0.1, -0.05) is 6.92 Å². The van der Waals surface area contributed by atoms with Gasteiger partial charge in [0.05, 0.1) is 16.5 Å². The van der Waals surface area contributed by atoms with Crippen molar-refractivity contribution in [3.8, 4) is 0 Å². The summed E-state index contributed by atoms with van der Waals surface area (Å²) in [6, 6.07) is 4.05. The summed E-state index contributed by atoms with van der Waals surface area (Å²) in [4.78, 5) is 1.20. The molecule has 1 N–H and O–H groups in total. The molecule has 1 aromatic heterocycles. The zero-order chi connectivity index (χ0) is 10.6. The summed E-state index contributed by atoms with van der Waals surface area (Å²) in [5, 5.41) is 9.82. The molecule has 2 unspecified atom stereocenters. The topological polar surface area (TPSA) is 29.5 Å². The first-order valence-corrected chi connectivity index (χ1v) is 6.15. The molecule has 0 saturated heterocycles. The highest BCUT2D eigenvalue weighted by Gasteiger charge is 2.15. The second kappa shape index (κ2) is 5.85. The Hall–Kier alpha value is 0.1000. The maximum absolute atomic E-state index is 9.82. The van der Waals surface area contributed by atoms with Crippen LogP contribution in [0.15, 0.2) is 15.9 Å². The Kier molecular flexibility index (Phi) is 5.09. The summed E-state index contributed by atoms with van der Waals surface area (Å²) < 4.78 is 6.11. The minimum Gasteiger partial charge on any atom is -0.392 e. The second-order valence-corrected chi connectivity index (χ2v) is 5.96. The minimum atomic E-state index is -0.319. The Balaban J connectivity index is 2.43. The van der Waals surface area contributed by atoms with Crippen LogP contribution in [0.4, 0.5) is 0 Å². The van der Waals surface area contributed by atoms with Gasteiger partial charge in [-0.3, -0.25) is 0 Å². The normalized spacial score (nSPS) is 15.4. The van der Waals surface area contributed by atoms with Crippen molar-refractivity contribution >= 4 is 27.3 Å². The predicted octanol–water partition coefficient (Wildman–Crippen LogP) is 2.70. The molecule has 2 atom stereocenters. The number of thiophene rings is 1. The Morgan fingerprint density at radius 1 is 1.57 bits per heavy atom. The van der Waals surface area contributed by atoms with Crippen LogP contribution in [0.2, 0.25) is 0 Å². The monoisotopic (exact) mass is 278 g/mol. The average molecular weight is 279 g/mol. The molecule has 0 saturated carbocycles. The number of ether oxygens (including phenoxy) is 1. The van der Waals surface area contributed by atoms with E-state index < -0.39 is 0 Å². The van der Waals surface area contributed by atoms with E-state index in [1.54, 1.807) is 18.4 Å². The Morgan fingerprint density at radius 2 is 2.29 bits per heavy atom. The van der Waals surface area contributed by atoms with Crippen LogP contribution in [0.25, 0.3) is 0 Å². The molecule has 0 aliphatic heterocycles. The third-order valence-electron chi connectivity index (χ3n) is 2.13. The van der Waals surface area contributed by atoms with Crippen LogP contribution in [0.5, 0.6) is 0 Å². The van der Waals surface area contributed by atoms with Crippen LogP contribution in [-0.2, 0) is 11.2 Å². The quantitative estimate of drug-likeness (QED) is 0.898. The van der Waals surface area contributed by atoms with Crippen molar-refractivity contribution in [3.05, 3.63) is 20.8 Å². The van der Waals surface area contributed by atoms with Crippen molar-refractivity contribution in [1.82, 2.24) is 0 Å². The molecule has 14 heavy (non-hydrogen) atoms. The van der Waals surface area contributed by atoms with Crippen molar-refractivity contribution < 1.29 is 9.84 Å². The number of hydrogen-bond donors (Lipinski definition) is 1. The Bertz CT molecular complexity index is 275. The number of rotatable bonds is 5. The first-order chi connectivity index (χ1) is 6.63. The highest BCUT2D eigenvalue weighted by molar-refractivity contribution is 9.11. The maximum Gasteiger partial charge on any atom is 0.0701 e. The van der Waals surface area contributed by atoms with Gasteiger partial charge in [-0.25, -0.2) is 0 Å². The van der Waals surface area contributed by atoms with E-state index >= 15 is 0 Å². The van der Waals surface area contributed by atoms with E-state index in [-0.39, 0.29) is 12.0 Å². The zero-order valence-corrected chi connectivity index (χ0v) is 10.8. The lowest BCUT2D eigenvalue weighted by atomic mass is 10.0. The summed E-state index contributed by atoms with van der Waals surface area (Å²) in [5.41, 5.74) is 0. The van der Waals surface area contributed by atoms with Gasteiger partial charge in [0, 0.05) is 24.3 Å². The van der Waals surface area contributed by atoms with Crippen LogP contribution in [0.1, 0.15) is 11.8 Å². The fraction of sp³-hybridized carbons (Fsp3) is 0.600. The first-order valence-electron chi connectivity index (χ1n) is 4.54. The SMILES string of the molecule is COCC(C)C(O)Cc1ccc(Br)s1. The molecule has 0 fully saturated rings. The lowest BCUT2D eigenvalue weighted by molar-refractivity contribution is 0.0579. The standard InChI is InChI=1S/C10H15BrO2S/c1-7(6-13-2)9(12)5-8-3-4-10(11)14-8/h3-4,7,9,12H,5-6H2,1-2H3. The number of halogens is 1. The fourth-order valence-corrected chi connectivity index (χ4v) is 2.78. The van der Waals surface area contributed by atoms with E-state index in [4.69, 9.17) is 4.74 Å². The van der Waals surface area contributed by atoms with Crippen molar-refractivity contribution in [2.75, 3.05) is 13.7 Å². The van der Waals surface area contributed by atoms with Crippen molar-refractivity contribution in [3.63, 3.8) is 0 Å². The molecule has 1 aromatic rings. The molecular weight excluding hydrogens is 264 g/mol. The Labute approximate surface area is 97.0 Å². The molecule has 1 heterocycles. The highest BCUT2D eigenvalue weighted by atomic mass is 79.9. The van der Waals surface area contributed by atoms with E-state index in [2.05, 4.69) is 15.9 Å². The molecule has 2 nitrogen and oxygen atoms in total. The van der Waals surface area contributed by atoms with Crippen LogP contribution in [-0.4, -0.2) is 24.9 Å². The summed E-state index contributed by atoms with van der Waals surface area (Å²) >= 11 is 5.07. The van der Waals surface area contributed by atoms with E-state index in [0.717, 1.165) is 3.79 Å². The van der Waals surface area contributed by atoms with Crippen LogP contribution in [0.3, 0.4) is 0 Å².